The molecule has 0 amide bonds. The average molecular weight is 326 g/mol. The Labute approximate surface area is 136 Å². The van der Waals surface area contributed by atoms with Gasteiger partial charge in [0.2, 0.25) is 0 Å². The monoisotopic (exact) mass is 325 g/mol. The zero-order valence-electron chi connectivity index (χ0n) is 13.2. The molecule has 0 aromatic carbocycles. The third-order valence-corrected chi connectivity index (χ3v) is 6.19. The predicted octanol–water partition coefficient (Wildman–Crippen LogP) is 3.71. The number of hydrogen-bond donors (Lipinski definition) is 1. The highest BCUT2D eigenvalue weighted by Gasteiger charge is 2.30. The molecule has 0 bridgehead atoms. The van der Waals surface area contributed by atoms with Gasteiger partial charge in [0.15, 0.2) is 5.13 Å². The third-order valence-electron chi connectivity index (χ3n) is 4.01. The minimum Gasteiger partial charge on any atom is -0.347 e. The Morgan fingerprint density at radius 3 is 2.90 bits per heavy atom. The standard InChI is InChI=1S/C16H27N3S2/c1-12(2)10-17-11-14-15(13-4-5-13)18-16(21-14)19-6-3-8-20-9-7-19/h12-13,17H,3-11H2,1-2H3. The van der Waals surface area contributed by atoms with Gasteiger partial charge in [-0.2, -0.15) is 11.8 Å². The predicted molar refractivity (Wildman–Crippen MR) is 94.8 cm³/mol. The number of aromatic nitrogens is 1. The van der Waals surface area contributed by atoms with E-state index in [2.05, 4.69) is 35.8 Å². The van der Waals surface area contributed by atoms with E-state index in [-0.39, 0.29) is 0 Å². The SMILES string of the molecule is CC(C)CNCc1sc(N2CCCSCC2)nc1C1CC1. The van der Waals surface area contributed by atoms with Crippen LogP contribution >= 0.6 is 23.1 Å². The molecule has 1 aliphatic heterocycles. The number of thiazole rings is 1. The van der Waals surface area contributed by atoms with Gasteiger partial charge in [-0.1, -0.05) is 13.8 Å². The summed E-state index contributed by atoms with van der Waals surface area (Å²) in [4.78, 5) is 9.04. The van der Waals surface area contributed by atoms with Crippen LogP contribution in [0.2, 0.25) is 0 Å². The molecule has 0 unspecified atom stereocenters. The zero-order valence-corrected chi connectivity index (χ0v) is 14.9. The molecule has 3 nitrogen and oxygen atoms in total. The molecule has 1 N–H and O–H groups in total. The maximum absolute atomic E-state index is 5.03. The van der Waals surface area contributed by atoms with Crippen LogP contribution in [0.25, 0.3) is 0 Å². The first-order valence-electron chi connectivity index (χ1n) is 8.27. The first-order chi connectivity index (χ1) is 10.2. The molecule has 5 heteroatoms. The van der Waals surface area contributed by atoms with Crippen LogP contribution in [0.5, 0.6) is 0 Å². The first kappa shape index (κ1) is 15.6. The lowest BCUT2D eigenvalue weighted by molar-refractivity contribution is 0.553. The molecular formula is C16H27N3S2. The highest BCUT2D eigenvalue weighted by molar-refractivity contribution is 7.99. The van der Waals surface area contributed by atoms with E-state index in [1.807, 2.05) is 11.3 Å². The molecule has 1 aromatic rings. The van der Waals surface area contributed by atoms with Crippen molar-refractivity contribution >= 4 is 28.2 Å². The molecule has 1 aliphatic carbocycles. The molecule has 1 saturated heterocycles. The van der Waals surface area contributed by atoms with E-state index >= 15 is 0 Å². The van der Waals surface area contributed by atoms with Gasteiger partial charge in [0.25, 0.3) is 0 Å². The fraction of sp³-hybridized carbons (Fsp3) is 0.812. The van der Waals surface area contributed by atoms with Crippen molar-refractivity contribution in [3.05, 3.63) is 10.6 Å². The summed E-state index contributed by atoms with van der Waals surface area (Å²) in [6, 6.07) is 0. The van der Waals surface area contributed by atoms with Crippen molar-refractivity contribution in [2.24, 2.45) is 5.92 Å². The molecule has 1 saturated carbocycles. The average Bonchev–Trinajstić information content (AvgIpc) is 3.25. The summed E-state index contributed by atoms with van der Waals surface area (Å²) < 4.78 is 0. The molecule has 0 atom stereocenters. The number of nitrogens with zero attached hydrogens (tertiary/aromatic N) is 2. The largest absolute Gasteiger partial charge is 0.347 e. The minimum atomic E-state index is 0.712. The van der Waals surface area contributed by atoms with Crippen molar-refractivity contribution in [3.8, 4) is 0 Å². The van der Waals surface area contributed by atoms with Crippen molar-refractivity contribution in [1.82, 2.24) is 10.3 Å². The van der Waals surface area contributed by atoms with E-state index in [9.17, 15) is 0 Å². The number of nitrogens with one attached hydrogen (secondary N) is 1. The molecule has 21 heavy (non-hydrogen) atoms. The van der Waals surface area contributed by atoms with Gasteiger partial charge in [-0.15, -0.1) is 11.3 Å². The summed E-state index contributed by atoms with van der Waals surface area (Å²) in [6.45, 7) is 8.98. The van der Waals surface area contributed by atoms with Crippen molar-refractivity contribution in [3.63, 3.8) is 0 Å². The summed E-state index contributed by atoms with van der Waals surface area (Å²) in [5.74, 6) is 4.02. The van der Waals surface area contributed by atoms with Crippen LogP contribution in [0.1, 0.15) is 49.6 Å². The summed E-state index contributed by atoms with van der Waals surface area (Å²) >= 11 is 4.02. The van der Waals surface area contributed by atoms with E-state index in [0.717, 1.165) is 19.0 Å². The maximum atomic E-state index is 5.03. The smallest absolute Gasteiger partial charge is 0.185 e. The highest BCUT2D eigenvalue weighted by atomic mass is 32.2. The molecule has 1 aromatic heterocycles. The number of thioether (sulfide) groups is 1. The maximum Gasteiger partial charge on any atom is 0.185 e. The Kier molecular flexibility index (Phi) is 5.46. The van der Waals surface area contributed by atoms with Crippen LogP contribution in [0.3, 0.4) is 0 Å². The molecule has 3 rings (SSSR count). The molecular weight excluding hydrogens is 298 g/mol. The van der Waals surface area contributed by atoms with E-state index < -0.39 is 0 Å². The van der Waals surface area contributed by atoms with Crippen LogP contribution in [0, 0.1) is 5.92 Å². The molecule has 118 valence electrons. The summed E-state index contributed by atoms with van der Waals surface area (Å²) in [7, 11) is 0. The molecule has 2 fully saturated rings. The minimum absolute atomic E-state index is 0.712. The van der Waals surface area contributed by atoms with E-state index in [0.29, 0.717) is 5.92 Å². The van der Waals surface area contributed by atoms with Gasteiger partial charge >= 0.3 is 0 Å². The van der Waals surface area contributed by atoms with Gasteiger partial charge in [0, 0.05) is 36.2 Å². The van der Waals surface area contributed by atoms with Crippen LogP contribution in [0.15, 0.2) is 0 Å². The molecule has 2 heterocycles. The molecule has 0 spiro atoms. The summed E-state index contributed by atoms with van der Waals surface area (Å²) in [6.07, 6.45) is 3.98. The van der Waals surface area contributed by atoms with Gasteiger partial charge in [-0.25, -0.2) is 4.98 Å². The van der Waals surface area contributed by atoms with Crippen LogP contribution in [-0.2, 0) is 6.54 Å². The van der Waals surface area contributed by atoms with Crippen LogP contribution in [0.4, 0.5) is 5.13 Å². The molecule has 0 radical (unpaired) electrons. The fourth-order valence-corrected chi connectivity index (χ4v) is 4.75. The quantitative estimate of drug-likeness (QED) is 0.863. The van der Waals surface area contributed by atoms with Crippen molar-refractivity contribution in [2.75, 3.05) is 36.0 Å². The lowest BCUT2D eigenvalue weighted by Crippen LogP contribution is -2.25. The zero-order chi connectivity index (χ0) is 14.7. The van der Waals surface area contributed by atoms with Crippen LogP contribution in [-0.4, -0.2) is 36.1 Å². The third kappa shape index (κ3) is 4.36. The fourth-order valence-electron chi connectivity index (χ4n) is 2.70. The Balaban J connectivity index is 1.69. The van der Waals surface area contributed by atoms with Crippen molar-refractivity contribution in [2.45, 2.75) is 45.6 Å². The van der Waals surface area contributed by atoms with Crippen LogP contribution < -0.4 is 10.2 Å². The van der Waals surface area contributed by atoms with E-state index in [1.165, 1.54) is 59.6 Å². The first-order valence-corrected chi connectivity index (χ1v) is 10.2. The lowest BCUT2D eigenvalue weighted by Gasteiger charge is -2.18. The second-order valence-corrected chi connectivity index (χ2v) is 8.84. The lowest BCUT2D eigenvalue weighted by atomic mass is 10.2. The number of anilines is 1. The Bertz CT molecular complexity index is 446. The Hall–Kier alpha value is -0.260. The Morgan fingerprint density at radius 1 is 1.29 bits per heavy atom. The second-order valence-electron chi connectivity index (χ2n) is 6.56. The van der Waals surface area contributed by atoms with Gasteiger partial charge in [0.1, 0.15) is 0 Å². The number of hydrogen-bond acceptors (Lipinski definition) is 5. The van der Waals surface area contributed by atoms with Gasteiger partial charge < -0.3 is 10.2 Å². The normalized spacial score (nSPS) is 20.0. The van der Waals surface area contributed by atoms with E-state index in [4.69, 9.17) is 4.98 Å². The van der Waals surface area contributed by atoms with Crippen molar-refractivity contribution in [1.29, 1.82) is 0 Å². The highest BCUT2D eigenvalue weighted by Crippen LogP contribution is 2.44. The van der Waals surface area contributed by atoms with Gasteiger partial charge in [0.05, 0.1) is 5.69 Å². The molecule has 2 aliphatic rings. The van der Waals surface area contributed by atoms with Crippen molar-refractivity contribution < 1.29 is 0 Å². The topological polar surface area (TPSA) is 28.2 Å². The van der Waals surface area contributed by atoms with Gasteiger partial charge in [-0.05, 0) is 37.5 Å². The van der Waals surface area contributed by atoms with Gasteiger partial charge in [-0.3, -0.25) is 0 Å². The van der Waals surface area contributed by atoms with E-state index in [1.54, 1.807) is 0 Å². The summed E-state index contributed by atoms with van der Waals surface area (Å²) in [5.41, 5.74) is 1.41. The second kappa shape index (κ2) is 7.34. The summed E-state index contributed by atoms with van der Waals surface area (Å²) in [5, 5.41) is 4.88. The number of rotatable bonds is 6. The Morgan fingerprint density at radius 2 is 2.14 bits per heavy atom.